The van der Waals surface area contributed by atoms with Crippen LogP contribution in [-0.2, 0) is 9.53 Å². The minimum atomic E-state index is -0.337. The number of hydrogen-bond acceptors (Lipinski definition) is 3. The molecule has 0 fully saturated rings. The van der Waals surface area contributed by atoms with Crippen LogP contribution in [0.5, 0.6) is 0 Å². The Morgan fingerprint density at radius 2 is 2.08 bits per heavy atom. The standard InChI is InChI=1S/C9H20N2O2/c1-7(8(10)12)11-5-6-13-9(2,3)4/h7,11H,5-6H2,1-4H3,(H2,10,12). The van der Waals surface area contributed by atoms with E-state index in [0.717, 1.165) is 0 Å². The molecule has 0 spiro atoms. The van der Waals surface area contributed by atoms with Crippen molar-refractivity contribution < 1.29 is 9.53 Å². The molecule has 0 aromatic rings. The maximum Gasteiger partial charge on any atom is 0.234 e. The molecule has 0 aliphatic carbocycles. The number of nitrogens with one attached hydrogen (secondary N) is 1. The minimum absolute atomic E-state index is 0.127. The van der Waals surface area contributed by atoms with Crippen molar-refractivity contribution in [1.82, 2.24) is 5.32 Å². The quantitative estimate of drug-likeness (QED) is 0.608. The molecule has 0 radical (unpaired) electrons. The normalized spacial score (nSPS) is 14.2. The smallest absolute Gasteiger partial charge is 0.234 e. The van der Waals surface area contributed by atoms with E-state index in [1.165, 1.54) is 0 Å². The lowest BCUT2D eigenvalue weighted by atomic mass is 10.2. The van der Waals surface area contributed by atoms with Crippen molar-refractivity contribution in [2.24, 2.45) is 5.73 Å². The Balaban J connectivity index is 3.41. The van der Waals surface area contributed by atoms with Crippen LogP contribution in [0.1, 0.15) is 27.7 Å². The Bertz CT molecular complexity index is 163. The molecule has 0 saturated carbocycles. The second-order valence-corrected chi connectivity index (χ2v) is 4.04. The zero-order chi connectivity index (χ0) is 10.5. The van der Waals surface area contributed by atoms with Gasteiger partial charge in [-0.3, -0.25) is 4.79 Å². The highest BCUT2D eigenvalue weighted by molar-refractivity contribution is 5.79. The molecule has 0 heterocycles. The molecular formula is C9H20N2O2. The number of nitrogens with two attached hydrogens (primary N) is 1. The van der Waals surface area contributed by atoms with Gasteiger partial charge in [-0.05, 0) is 27.7 Å². The molecule has 0 saturated heterocycles. The zero-order valence-electron chi connectivity index (χ0n) is 8.89. The summed E-state index contributed by atoms with van der Waals surface area (Å²) in [6, 6.07) is -0.288. The van der Waals surface area contributed by atoms with Crippen LogP contribution in [0.15, 0.2) is 0 Å². The number of carbonyl (C=O) groups excluding carboxylic acids is 1. The number of ether oxygens (including phenoxy) is 1. The van der Waals surface area contributed by atoms with Gasteiger partial charge in [0.1, 0.15) is 0 Å². The molecule has 4 heteroatoms. The number of primary amides is 1. The number of carbonyl (C=O) groups is 1. The summed E-state index contributed by atoms with van der Waals surface area (Å²) in [5.74, 6) is -0.337. The monoisotopic (exact) mass is 188 g/mol. The molecule has 1 amide bonds. The lowest BCUT2D eigenvalue weighted by Gasteiger charge is -2.20. The third-order valence-corrected chi connectivity index (χ3v) is 1.51. The van der Waals surface area contributed by atoms with E-state index < -0.39 is 0 Å². The Kier molecular flexibility index (Phi) is 4.95. The van der Waals surface area contributed by atoms with E-state index in [4.69, 9.17) is 10.5 Å². The van der Waals surface area contributed by atoms with Gasteiger partial charge >= 0.3 is 0 Å². The SMILES string of the molecule is CC(NCCOC(C)(C)C)C(N)=O. The fraction of sp³-hybridized carbons (Fsp3) is 0.889. The lowest BCUT2D eigenvalue weighted by Crippen LogP contribution is -2.40. The maximum atomic E-state index is 10.6. The molecule has 13 heavy (non-hydrogen) atoms. The summed E-state index contributed by atoms with van der Waals surface area (Å²) in [7, 11) is 0. The van der Waals surface area contributed by atoms with Gasteiger partial charge in [0, 0.05) is 6.54 Å². The van der Waals surface area contributed by atoms with E-state index in [-0.39, 0.29) is 17.6 Å². The highest BCUT2D eigenvalue weighted by atomic mass is 16.5. The van der Waals surface area contributed by atoms with E-state index in [1.807, 2.05) is 20.8 Å². The van der Waals surface area contributed by atoms with Crippen LogP contribution >= 0.6 is 0 Å². The van der Waals surface area contributed by atoms with Crippen LogP contribution in [0.25, 0.3) is 0 Å². The molecule has 0 aromatic carbocycles. The molecule has 0 aliphatic heterocycles. The van der Waals surface area contributed by atoms with E-state index in [2.05, 4.69) is 5.32 Å². The summed E-state index contributed by atoms with van der Waals surface area (Å²) in [5.41, 5.74) is 4.93. The predicted octanol–water partition coefficient (Wildman–Crippen LogP) is 0.265. The highest BCUT2D eigenvalue weighted by Gasteiger charge is 2.10. The van der Waals surface area contributed by atoms with Crippen molar-refractivity contribution in [3.8, 4) is 0 Å². The topological polar surface area (TPSA) is 64.3 Å². The van der Waals surface area contributed by atoms with Gasteiger partial charge in [-0.25, -0.2) is 0 Å². The molecule has 1 atom stereocenters. The Morgan fingerprint density at radius 1 is 1.54 bits per heavy atom. The lowest BCUT2D eigenvalue weighted by molar-refractivity contribution is -0.119. The molecule has 4 nitrogen and oxygen atoms in total. The molecule has 0 aromatic heterocycles. The fourth-order valence-electron chi connectivity index (χ4n) is 0.733. The Hall–Kier alpha value is -0.610. The first-order valence-corrected chi connectivity index (χ1v) is 4.49. The van der Waals surface area contributed by atoms with Gasteiger partial charge in [-0.2, -0.15) is 0 Å². The first-order chi connectivity index (χ1) is 5.83. The van der Waals surface area contributed by atoms with Crippen LogP contribution in [-0.4, -0.2) is 30.7 Å². The van der Waals surface area contributed by atoms with E-state index in [1.54, 1.807) is 6.92 Å². The van der Waals surface area contributed by atoms with Crippen molar-refractivity contribution in [2.75, 3.05) is 13.2 Å². The second-order valence-electron chi connectivity index (χ2n) is 4.04. The largest absolute Gasteiger partial charge is 0.375 e. The molecule has 1 unspecified atom stereocenters. The van der Waals surface area contributed by atoms with Crippen LogP contribution in [0, 0.1) is 0 Å². The van der Waals surface area contributed by atoms with Gasteiger partial charge in [-0.15, -0.1) is 0 Å². The van der Waals surface area contributed by atoms with Gasteiger partial charge in [-0.1, -0.05) is 0 Å². The first kappa shape index (κ1) is 12.4. The maximum absolute atomic E-state index is 10.6. The summed E-state index contributed by atoms with van der Waals surface area (Å²) in [5, 5.41) is 2.96. The summed E-state index contributed by atoms with van der Waals surface area (Å²) in [6.45, 7) is 8.93. The molecule has 3 N–H and O–H groups in total. The van der Waals surface area contributed by atoms with E-state index in [0.29, 0.717) is 13.2 Å². The molecule has 0 bridgehead atoms. The van der Waals surface area contributed by atoms with Crippen molar-refractivity contribution in [2.45, 2.75) is 39.3 Å². The molecular weight excluding hydrogens is 168 g/mol. The molecule has 0 aliphatic rings. The summed E-state index contributed by atoms with van der Waals surface area (Å²) in [4.78, 5) is 10.6. The van der Waals surface area contributed by atoms with E-state index in [9.17, 15) is 4.79 Å². The van der Waals surface area contributed by atoms with Gasteiger partial charge in [0.2, 0.25) is 5.91 Å². The Morgan fingerprint density at radius 3 is 2.46 bits per heavy atom. The van der Waals surface area contributed by atoms with Gasteiger partial charge < -0.3 is 15.8 Å². The van der Waals surface area contributed by atoms with E-state index >= 15 is 0 Å². The summed E-state index contributed by atoms with van der Waals surface area (Å²) < 4.78 is 5.44. The average molecular weight is 188 g/mol. The van der Waals surface area contributed by atoms with Crippen LogP contribution in [0.2, 0.25) is 0 Å². The van der Waals surface area contributed by atoms with Crippen LogP contribution in [0.3, 0.4) is 0 Å². The summed E-state index contributed by atoms with van der Waals surface area (Å²) in [6.07, 6.45) is 0. The minimum Gasteiger partial charge on any atom is -0.375 e. The van der Waals surface area contributed by atoms with Gasteiger partial charge in [0.15, 0.2) is 0 Å². The predicted molar refractivity (Wildman–Crippen MR) is 52.4 cm³/mol. The van der Waals surface area contributed by atoms with Crippen molar-refractivity contribution in [3.05, 3.63) is 0 Å². The van der Waals surface area contributed by atoms with Gasteiger partial charge in [0.05, 0.1) is 18.2 Å². The van der Waals surface area contributed by atoms with Crippen molar-refractivity contribution in [1.29, 1.82) is 0 Å². The third-order valence-electron chi connectivity index (χ3n) is 1.51. The average Bonchev–Trinajstić information content (AvgIpc) is 1.95. The number of rotatable bonds is 5. The van der Waals surface area contributed by atoms with Gasteiger partial charge in [0.25, 0.3) is 0 Å². The fourth-order valence-corrected chi connectivity index (χ4v) is 0.733. The first-order valence-electron chi connectivity index (χ1n) is 4.49. The molecule has 0 rings (SSSR count). The van der Waals surface area contributed by atoms with Crippen molar-refractivity contribution in [3.63, 3.8) is 0 Å². The Labute approximate surface area is 79.8 Å². The van der Waals surface area contributed by atoms with Crippen LogP contribution in [0.4, 0.5) is 0 Å². The summed E-state index contributed by atoms with van der Waals surface area (Å²) >= 11 is 0. The number of hydrogen-bond donors (Lipinski definition) is 2. The molecule has 78 valence electrons. The highest BCUT2D eigenvalue weighted by Crippen LogP contribution is 2.04. The number of amides is 1. The second kappa shape index (κ2) is 5.19. The third kappa shape index (κ3) is 7.74. The zero-order valence-corrected chi connectivity index (χ0v) is 8.89. The van der Waals surface area contributed by atoms with Crippen molar-refractivity contribution >= 4 is 5.91 Å². The van der Waals surface area contributed by atoms with Crippen LogP contribution < -0.4 is 11.1 Å².